The van der Waals surface area contributed by atoms with Gasteiger partial charge in [0.05, 0.1) is 17.4 Å². The Balaban J connectivity index is 2.28. The lowest BCUT2D eigenvalue weighted by Crippen LogP contribution is -2.35. The molecule has 0 unspecified atom stereocenters. The molecule has 0 saturated heterocycles. The Kier molecular flexibility index (Phi) is 2.83. The lowest BCUT2D eigenvalue weighted by Gasteiger charge is -2.06. The first kappa shape index (κ1) is 11.9. The van der Waals surface area contributed by atoms with E-state index in [1.807, 2.05) is 36.6 Å². The second-order valence-corrected chi connectivity index (χ2v) is 5.43. The Hall–Kier alpha value is -2.14. The molecule has 0 atom stereocenters. The van der Waals surface area contributed by atoms with Gasteiger partial charge in [-0.3, -0.25) is 9.36 Å². The van der Waals surface area contributed by atoms with Crippen LogP contribution in [0.2, 0.25) is 0 Å². The van der Waals surface area contributed by atoms with Crippen molar-refractivity contribution in [3.05, 3.63) is 67.0 Å². The molecular formula is C14H12N2O2S. The predicted octanol–water partition coefficient (Wildman–Crippen LogP) is 2.11. The molecule has 0 spiro atoms. The lowest BCUT2D eigenvalue weighted by atomic mass is 10.1. The van der Waals surface area contributed by atoms with E-state index in [1.165, 1.54) is 15.9 Å². The molecule has 3 rings (SSSR count). The standard InChI is InChI=1S/C14H12N2O2S/c1-9-4-2-6-11-12(9)13(17)16(14(18)15-11)8-10-5-3-7-19-10/h2-7H,8H2,1H3,(H,15,18). The average molecular weight is 272 g/mol. The Morgan fingerprint density at radius 1 is 1.21 bits per heavy atom. The summed E-state index contributed by atoms with van der Waals surface area (Å²) in [6, 6.07) is 9.28. The van der Waals surface area contributed by atoms with Gasteiger partial charge in [0.25, 0.3) is 5.56 Å². The molecule has 96 valence electrons. The highest BCUT2D eigenvalue weighted by atomic mass is 32.1. The van der Waals surface area contributed by atoms with Crippen molar-refractivity contribution in [2.24, 2.45) is 0 Å². The van der Waals surface area contributed by atoms with E-state index in [-0.39, 0.29) is 11.2 Å². The smallest absolute Gasteiger partial charge is 0.307 e. The highest BCUT2D eigenvalue weighted by Crippen LogP contribution is 2.12. The van der Waals surface area contributed by atoms with Gasteiger partial charge in [-0.1, -0.05) is 18.2 Å². The normalized spacial score (nSPS) is 11.0. The van der Waals surface area contributed by atoms with Gasteiger partial charge in [-0.25, -0.2) is 4.79 Å². The molecule has 0 fully saturated rings. The largest absolute Gasteiger partial charge is 0.329 e. The van der Waals surface area contributed by atoms with Crippen molar-refractivity contribution in [3.8, 4) is 0 Å². The van der Waals surface area contributed by atoms with Crippen LogP contribution in [-0.2, 0) is 6.54 Å². The van der Waals surface area contributed by atoms with Gasteiger partial charge in [0.15, 0.2) is 0 Å². The van der Waals surface area contributed by atoms with E-state index >= 15 is 0 Å². The zero-order valence-corrected chi connectivity index (χ0v) is 11.2. The molecule has 4 nitrogen and oxygen atoms in total. The number of aryl methyl sites for hydroxylation is 1. The van der Waals surface area contributed by atoms with Gasteiger partial charge in [-0.2, -0.15) is 0 Å². The fourth-order valence-corrected chi connectivity index (χ4v) is 2.86. The monoisotopic (exact) mass is 272 g/mol. The summed E-state index contributed by atoms with van der Waals surface area (Å²) in [5, 5.41) is 2.51. The van der Waals surface area contributed by atoms with Crippen molar-refractivity contribution in [2.75, 3.05) is 0 Å². The second kappa shape index (κ2) is 4.51. The Bertz CT molecular complexity index is 844. The third kappa shape index (κ3) is 2.02. The first-order valence-electron chi connectivity index (χ1n) is 5.91. The molecule has 0 aliphatic heterocycles. The number of rotatable bonds is 2. The van der Waals surface area contributed by atoms with Gasteiger partial charge in [0.2, 0.25) is 0 Å². The van der Waals surface area contributed by atoms with E-state index in [1.54, 1.807) is 6.07 Å². The van der Waals surface area contributed by atoms with Crippen LogP contribution < -0.4 is 11.2 Å². The first-order valence-corrected chi connectivity index (χ1v) is 6.79. The molecule has 5 heteroatoms. The summed E-state index contributed by atoms with van der Waals surface area (Å²) in [6.07, 6.45) is 0. The summed E-state index contributed by atoms with van der Waals surface area (Å²) in [5.74, 6) is 0. The number of fused-ring (bicyclic) bond motifs is 1. The van der Waals surface area contributed by atoms with Crippen LogP contribution in [0.25, 0.3) is 10.9 Å². The van der Waals surface area contributed by atoms with Gasteiger partial charge in [-0.15, -0.1) is 11.3 Å². The maximum Gasteiger partial charge on any atom is 0.329 e. The zero-order valence-electron chi connectivity index (χ0n) is 10.3. The summed E-state index contributed by atoms with van der Waals surface area (Å²) >= 11 is 1.53. The Labute approximate surface area is 113 Å². The second-order valence-electron chi connectivity index (χ2n) is 4.40. The molecule has 0 bridgehead atoms. The van der Waals surface area contributed by atoms with E-state index in [0.717, 1.165) is 10.4 Å². The molecule has 1 N–H and O–H groups in total. The minimum Gasteiger partial charge on any atom is -0.307 e. The number of nitrogens with zero attached hydrogens (tertiary/aromatic N) is 1. The van der Waals surface area contributed by atoms with Gasteiger partial charge in [0, 0.05) is 4.88 Å². The van der Waals surface area contributed by atoms with Crippen LogP contribution in [0.4, 0.5) is 0 Å². The molecule has 0 aliphatic rings. The van der Waals surface area contributed by atoms with E-state index in [2.05, 4.69) is 4.98 Å². The van der Waals surface area contributed by atoms with Crippen molar-refractivity contribution >= 4 is 22.2 Å². The van der Waals surface area contributed by atoms with Crippen LogP contribution in [0, 0.1) is 6.92 Å². The molecule has 0 radical (unpaired) electrons. The minimum absolute atomic E-state index is 0.231. The SMILES string of the molecule is Cc1cccc2[nH]c(=O)n(Cc3cccs3)c(=O)c12. The van der Waals surface area contributed by atoms with Crippen molar-refractivity contribution in [2.45, 2.75) is 13.5 Å². The number of aromatic nitrogens is 2. The number of H-pyrrole nitrogens is 1. The number of hydrogen-bond acceptors (Lipinski definition) is 3. The van der Waals surface area contributed by atoms with Gasteiger partial charge in [0.1, 0.15) is 0 Å². The maximum absolute atomic E-state index is 12.4. The van der Waals surface area contributed by atoms with Gasteiger partial charge >= 0.3 is 5.69 Å². The highest BCUT2D eigenvalue weighted by molar-refractivity contribution is 7.09. The predicted molar refractivity (Wildman–Crippen MR) is 77.0 cm³/mol. The molecule has 1 aromatic carbocycles. The van der Waals surface area contributed by atoms with Crippen LogP contribution in [0.5, 0.6) is 0 Å². The quantitative estimate of drug-likeness (QED) is 0.776. The van der Waals surface area contributed by atoms with Gasteiger partial charge < -0.3 is 4.98 Å². The van der Waals surface area contributed by atoms with E-state index in [0.29, 0.717) is 17.4 Å². The van der Waals surface area contributed by atoms with Crippen molar-refractivity contribution in [1.29, 1.82) is 0 Å². The fourth-order valence-electron chi connectivity index (χ4n) is 2.17. The summed E-state index contributed by atoms with van der Waals surface area (Å²) in [6.45, 7) is 2.19. The summed E-state index contributed by atoms with van der Waals surface area (Å²) in [5.41, 5.74) is 0.873. The number of benzene rings is 1. The fraction of sp³-hybridized carbons (Fsp3) is 0.143. The van der Waals surface area contributed by atoms with Crippen molar-refractivity contribution < 1.29 is 0 Å². The average Bonchev–Trinajstić information content (AvgIpc) is 2.87. The first-order chi connectivity index (χ1) is 9.16. The lowest BCUT2D eigenvalue weighted by molar-refractivity contribution is 0.719. The molecule has 2 aromatic heterocycles. The highest BCUT2D eigenvalue weighted by Gasteiger charge is 2.10. The topological polar surface area (TPSA) is 54.9 Å². The molecule has 0 amide bonds. The van der Waals surface area contributed by atoms with Crippen molar-refractivity contribution in [3.63, 3.8) is 0 Å². The van der Waals surface area contributed by atoms with Gasteiger partial charge in [-0.05, 0) is 30.0 Å². The zero-order chi connectivity index (χ0) is 13.4. The molecule has 0 aliphatic carbocycles. The number of thiophene rings is 1. The summed E-state index contributed by atoms with van der Waals surface area (Å²) in [7, 11) is 0. The minimum atomic E-state index is -0.364. The number of nitrogens with one attached hydrogen (secondary N) is 1. The summed E-state index contributed by atoms with van der Waals surface area (Å²) < 4.78 is 1.25. The van der Waals surface area contributed by atoms with E-state index in [9.17, 15) is 9.59 Å². The van der Waals surface area contributed by atoms with E-state index in [4.69, 9.17) is 0 Å². The molecular weight excluding hydrogens is 260 g/mol. The number of hydrogen-bond donors (Lipinski definition) is 1. The van der Waals surface area contributed by atoms with Crippen LogP contribution >= 0.6 is 11.3 Å². The molecule has 2 heterocycles. The van der Waals surface area contributed by atoms with Crippen LogP contribution in [0.3, 0.4) is 0 Å². The van der Waals surface area contributed by atoms with E-state index < -0.39 is 0 Å². The van der Waals surface area contributed by atoms with Crippen LogP contribution in [0.15, 0.2) is 45.3 Å². The summed E-state index contributed by atoms with van der Waals surface area (Å²) in [4.78, 5) is 28.2. The Morgan fingerprint density at radius 2 is 2.05 bits per heavy atom. The van der Waals surface area contributed by atoms with Crippen LogP contribution in [-0.4, -0.2) is 9.55 Å². The third-order valence-electron chi connectivity index (χ3n) is 3.11. The van der Waals surface area contributed by atoms with Crippen molar-refractivity contribution in [1.82, 2.24) is 9.55 Å². The number of aromatic amines is 1. The molecule has 19 heavy (non-hydrogen) atoms. The molecule has 3 aromatic rings. The third-order valence-corrected chi connectivity index (χ3v) is 3.97. The maximum atomic E-state index is 12.4. The Morgan fingerprint density at radius 3 is 2.79 bits per heavy atom. The molecule has 0 saturated carbocycles. The van der Waals surface area contributed by atoms with Crippen LogP contribution in [0.1, 0.15) is 10.4 Å².